The van der Waals surface area contributed by atoms with Crippen molar-refractivity contribution < 1.29 is 4.39 Å². The average Bonchev–Trinajstić information content (AvgIpc) is 3.22. The summed E-state index contributed by atoms with van der Waals surface area (Å²) < 4.78 is 15.7. The maximum absolute atomic E-state index is 13.0. The monoisotopic (exact) mass is 294 g/mol. The van der Waals surface area contributed by atoms with Crippen molar-refractivity contribution >= 4 is 11.6 Å². The van der Waals surface area contributed by atoms with Gasteiger partial charge in [-0.15, -0.1) is 0 Å². The van der Waals surface area contributed by atoms with Gasteiger partial charge in [0.2, 0.25) is 0 Å². The molecule has 0 saturated heterocycles. The minimum absolute atomic E-state index is 0.151. The first-order valence-corrected chi connectivity index (χ1v) is 6.69. The van der Waals surface area contributed by atoms with Gasteiger partial charge in [-0.3, -0.25) is 9.59 Å². The van der Waals surface area contributed by atoms with Gasteiger partial charge in [-0.05, 0) is 30.5 Å². The van der Waals surface area contributed by atoms with Gasteiger partial charge in [-0.2, -0.15) is 0 Å². The molecule has 3 rings (SSSR count). The minimum Gasteiger partial charge on any atom is -0.306 e. The van der Waals surface area contributed by atoms with Gasteiger partial charge in [0.1, 0.15) is 5.82 Å². The van der Waals surface area contributed by atoms with Gasteiger partial charge in [0.25, 0.3) is 0 Å². The maximum Gasteiger partial charge on any atom is 0.316 e. The Morgan fingerprint density at radius 3 is 2.60 bits per heavy atom. The molecular weight excluding hydrogens is 283 g/mol. The molecule has 1 aromatic heterocycles. The van der Waals surface area contributed by atoms with Gasteiger partial charge in [0.05, 0.1) is 6.54 Å². The largest absolute Gasteiger partial charge is 0.316 e. The Kier molecular flexibility index (Phi) is 3.22. The molecule has 1 saturated carbocycles. The van der Waals surface area contributed by atoms with Crippen LogP contribution >= 0.6 is 11.6 Å². The second-order valence-electron chi connectivity index (χ2n) is 4.91. The third kappa shape index (κ3) is 2.41. The van der Waals surface area contributed by atoms with E-state index in [1.54, 1.807) is 12.4 Å². The Balaban J connectivity index is 1.97. The van der Waals surface area contributed by atoms with E-state index in [1.165, 1.54) is 27.3 Å². The molecule has 0 spiro atoms. The van der Waals surface area contributed by atoms with Crippen LogP contribution in [0.1, 0.15) is 24.4 Å². The van der Waals surface area contributed by atoms with Crippen molar-refractivity contribution in [1.82, 2.24) is 9.13 Å². The van der Waals surface area contributed by atoms with Gasteiger partial charge in [-0.1, -0.05) is 17.7 Å². The summed E-state index contributed by atoms with van der Waals surface area (Å²) in [6.45, 7) is 0.151. The van der Waals surface area contributed by atoms with Crippen molar-refractivity contribution in [3.63, 3.8) is 0 Å². The molecule has 0 atom stereocenters. The predicted molar refractivity (Wildman–Crippen MR) is 73.7 cm³/mol. The van der Waals surface area contributed by atoms with E-state index in [2.05, 4.69) is 0 Å². The Morgan fingerprint density at radius 2 is 1.95 bits per heavy atom. The van der Waals surface area contributed by atoms with E-state index >= 15 is 0 Å². The molecule has 0 aliphatic heterocycles. The molecule has 0 radical (unpaired) electrons. The molecule has 1 aliphatic carbocycles. The topological polar surface area (TPSA) is 44.0 Å². The lowest BCUT2D eigenvalue weighted by Crippen LogP contribution is -2.40. The van der Waals surface area contributed by atoms with Crippen LogP contribution in [-0.4, -0.2) is 9.13 Å². The third-order valence-electron chi connectivity index (χ3n) is 3.38. The summed E-state index contributed by atoms with van der Waals surface area (Å²) in [7, 11) is 0. The molecule has 4 nitrogen and oxygen atoms in total. The van der Waals surface area contributed by atoms with Crippen LogP contribution in [0.3, 0.4) is 0 Å². The van der Waals surface area contributed by atoms with Crippen molar-refractivity contribution in [3.8, 4) is 0 Å². The van der Waals surface area contributed by atoms with Crippen LogP contribution in [0, 0.1) is 5.82 Å². The Labute approximate surface area is 119 Å². The molecule has 0 bridgehead atoms. The second-order valence-corrected chi connectivity index (χ2v) is 5.32. The van der Waals surface area contributed by atoms with E-state index in [1.807, 2.05) is 0 Å². The number of hydrogen-bond acceptors (Lipinski definition) is 2. The van der Waals surface area contributed by atoms with Gasteiger partial charge in [0.15, 0.2) is 0 Å². The van der Waals surface area contributed by atoms with Gasteiger partial charge in [-0.25, -0.2) is 4.39 Å². The smallest absolute Gasteiger partial charge is 0.306 e. The lowest BCUT2D eigenvalue weighted by Gasteiger charge is -2.09. The lowest BCUT2D eigenvalue weighted by atomic mass is 10.2. The first-order valence-electron chi connectivity index (χ1n) is 6.32. The third-order valence-corrected chi connectivity index (χ3v) is 3.73. The highest BCUT2D eigenvalue weighted by Gasteiger charge is 2.25. The standard InChI is InChI=1S/C14H12ClFN2O2/c15-12-7-10(16)2-1-9(12)8-17-5-6-18(11-3-4-11)14(20)13(17)19/h1-2,5-7,11H,3-4,8H2. The molecule has 0 N–H and O–H groups in total. The molecule has 0 unspecified atom stereocenters. The van der Waals surface area contributed by atoms with Crippen molar-refractivity contribution in [3.05, 3.63) is 67.7 Å². The summed E-state index contributed by atoms with van der Waals surface area (Å²) in [5.74, 6) is -0.435. The summed E-state index contributed by atoms with van der Waals surface area (Å²) in [6.07, 6.45) is 5.07. The zero-order chi connectivity index (χ0) is 14.3. The first kappa shape index (κ1) is 13.1. The van der Waals surface area contributed by atoms with Gasteiger partial charge < -0.3 is 9.13 Å². The van der Waals surface area contributed by atoms with Gasteiger partial charge >= 0.3 is 11.1 Å². The van der Waals surface area contributed by atoms with Crippen LogP contribution in [0.5, 0.6) is 0 Å². The molecular formula is C14H12ClFN2O2. The van der Waals surface area contributed by atoms with E-state index < -0.39 is 16.9 Å². The van der Waals surface area contributed by atoms with E-state index in [0.717, 1.165) is 12.8 Å². The van der Waals surface area contributed by atoms with Crippen LogP contribution in [0.2, 0.25) is 5.02 Å². The fourth-order valence-corrected chi connectivity index (χ4v) is 2.35. The van der Waals surface area contributed by atoms with E-state index in [0.29, 0.717) is 5.56 Å². The molecule has 2 aromatic rings. The zero-order valence-corrected chi connectivity index (χ0v) is 11.3. The molecule has 20 heavy (non-hydrogen) atoms. The van der Waals surface area contributed by atoms with E-state index in [-0.39, 0.29) is 17.6 Å². The van der Waals surface area contributed by atoms with Crippen molar-refractivity contribution in [2.45, 2.75) is 25.4 Å². The number of benzene rings is 1. The van der Waals surface area contributed by atoms with Crippen LogP contribution in [0.4, 0.5) is 4.39 Å². The maximum atomic E-state index is 13.0. The Bertz CT molecular complexity index is 777. The molecule has 104 valence electrons. The van der Waals surface area contributed by atoms with Crippen molar-refractivity contribution in [2.24, 2.45) is 0 Å². The summed E-state index contributed by atoms with van der Waals surface area (Å²) >= 11 is 5.92. The van der Waals surface area contributed by atoms with Crippen LogP contribution in [-0.2, 0) is 6.54 Å². The number of rotatable bonds is 3. The second kappa shape index (κ2) is 4.90. The highest BCUT2D eigenvalue weighted by molar-refractivity contribution is 6.31. The molecule has 1 aromatic carbocycles. The fourth-order valence-electron chi connectivity index (χ4n) is 2.12. The minimum atomic E-state index is -0.584. The number of hydrogen-bond donors (Lipinski definition) is 0. The summed E-state index contributed by atoms with van der Waals surface area (Å²) in [6, 6.07) is 4.14. The normalized spacial score (nSPS) is 14.5. The highest BCUT2D eigenvalue weighted by Crippen LogP contribution is 2.32. The summed E-state index contributed by atoms with van der Waals surface area (Å²) in [5.41, 5.74) is -0.508. The lowest BCUT2D eigenvalue weighted by molar-refractivity contribution is 0.623. The first-order chi connectivity index (χ1) is 9.56. The number of halogens is 2. The highest BCUT2D eigenvalue weighted by atomic mass is 35.5. The molecule has 6 heteroatoms. The molecule has 0 amide bonds. The quantitative estimate of drug-likeness (QED) is 0.815. The summed E-state index contributed by atoms with van der Waals surface area (Å²) in [4.78, 5) is 24.0. The van der Waals surface area contributed by atoms with Crippen LogP contribution in [0.15, 0.2) is 40.2 Å². The molecule has 1 fully saturated rings. The van der Waals surface area contributed by atoms with Crippen molar-refractivity contribution in [2.75, 3.05) is 0 Å². The number of nitrogens with zero attached hydrogens (tertiary/aromatic N) is 2. The van der Waals surface area contributed by atoms with Crippen LogP contribution in [0.25, 0.3) is 0 Å². The fraction of sp³-hybridized carbons (Fsp3) is 0.286. The van der Waals surface area contributed by atoms with Gasteiger partial charge in [0, 0.05) is 23.5 Å². The summed E-state index contributed by atoms with van der Waals surface area (Å²) in [5, 5.41) is 0.239. The van der Waals surface area contributed by atoms with E-state index in [9.17, 15) is 14.0 Å². The molecule has 1 aliphatic rings. The number of aromatic nitrogens is 2. The Morgan fingerprint density at radius 1 is 1.20 bits per heavy atom. The zero-order valence-electron chi connectivity index (χ0n) is 10.6. The van der Waals surface area contributed by atoms with E-state index in [4.69, 9.17) is 11.6 Å². The predicted octanol–water partition coefficient (Wildman–Crippen LogP) is 2.19. The SMILES string of the molecule is O=c1c(=O)n(C2CC2)ccn1Cc1ccc(F)cc1Cl. The Hall–Kier alpha value is -1.88. The molecule has 1 heterocycles. The van der Waals surface area contributed by atoms with Crippen molar-refractivity contribution in [1.29, 1.82) is 0 Å². The van der Waals surface area contributed by atoms with Crippen LogP contribution < -0.4 is 11.1 Å². The average molecular weight is 295 g/mol.